The molecule has 0 N–H and O–H groups in total. The first-order valence-electron chi connectivity index (χ1n) is 8.02. The van der Waals surface area contributed by atoms with Gasteiger partial charge in [0.1, 0.15) is 5.75 Å². The third-order valence-electron chi connectivity index (χ3n) is 4.23. The van der Waals surface area contributed by atoms with Gasteiger partial charge >= 0.3 is 0 Å². The Kier molecular flexibility index (Phi) is 3.42. The van der Waals surface area contributed by atoms with Crippen molar-refractivity contribution in [2.75, 3.05) is 0 Å². The summed E-state index contributed by atoms with van der Waals surface area (Å²) in [6.45, 7) is 6.07. The second-order valence-corrected chi connectivity index (χ2v) is 6.14. The molecule has 0 saturated carbocycles. The molecule has 0 aliphatic carbocycles. The summed E-state index contributed by atoms with van der Waals surface area (Å²) >= 11 is 0. The van der Waals surface area contributed by atoms with Crippen molar-refractivity contribution in [1.29, 1.82) is 0 Å². The van der Waals surface area contributed by atoms with Crippen molar-refractivity contribution in [3.63, 3.8) is 0 Å². The van der Waals surface area contributed by atoms with Crippen LogP contribution in [0, 0.1) is 20.8 Å². The first-order valence-corrected chi connectivity index (χ1v) is 8.02. The van der Waals surface area contributed by atoms with E-state index >= 15 is 0 Å². The maximum atomic E-state index is 6.09. The average Bonchev–Trinajstić information content (AvgIpc) is 2.54. The van der Waals surface area contributed by atoms with Crippen LogP contribution in [0.25, 0.3) is 21.5 Å². The molecule has 3 nitrogen and oxygen atoms in total. The van der Waals surface area contributed by atoms with Crippen molar-refractivity contribution in [1.82, 2.24) is 9.97 Å². The maximum absolute atomic E-state index is 6.09. The van der Waals surface area contributed by atoms with E-state index in [-0.39, 0.29) is 0 Å². The number of aryl methyl sites for hydroxylation is 3. The topological polar surface area (TPSA) is 35.0 Å². The van der Waals surface area contributed by atoms with Crippen molar-refractivity contribution in [2.24, 2.45) is 0 Å². The van der Waals surface area contributed by atoms with Crippen molar-refractivity contribution in [3.8, 4) is 11.6 Å². The summed E-state index contributed by atoms with van der Waals surface area (Å²) in [5, 5.41) is 4.67. The molecule has 0 radical (unpaired) electrons. The van der Waals surface area contributed by atoms with E-state index < -0.39 is 0 Å². The number of hydrogen-bond acceptors (Lipinski definition) is 3. The van der Waals surface area contributed by atoms with E-state index in [4.69, 9.17) is 4.74 Å². The number of ether oxygens (including phenoxy) is 1. The van der Waals surface area contributed by atoms with Gasteiger partial charge < -0.3 is 4.74 Å². The Morgan fingerprint density at radius 1 is 0.833 bits per heavy atom. The van der Waals surface area contributed by atoms with Gasteiger partial charge in [-0.25, -0.2) is 4.98 Å². The molecule has 0 amide bonds. The number of aromatic nitrogens is 2. The predicted octanol–water partition coefficient (Wildman–Crippen LogP) is 5.50. The van der Waals surface area contributed by atoms with E-state index in [0.717, 1.165) is 27.9 Å². The lowest BCUT2D eigenvalue weighted by atomic mass is 9.99. The molecule has 0 atom stereocenters. The molecule has 2 heterocycles. The predicted molar refractivity (Wildman–Crippen MR) is 97.8 cm³/mol. The van der Waals surface area contributed by atoms with Crippen LogP contribution in [-0.4, -0.2) is 9.97 Å². The van der Waals surface area contributed by atoms with E-state index in [1.807, 2.05) is 32.2 Å². The van der Waals surface area contributed by atoms with Crippen LogP contribution in [-0.2, 0) is 0 Å². The first kappa shape index (κ1) is 14.6. The van der Waals surface area contributed by atoms with Crippen LogP contribution in [0.15, 0.2) is 54.7 Å². The maximum Gasteiger partial charge on any atom is 0.227 e. The summed E-state index contributed by atoms with van der Waals surface area (Å²) in [5.74, 6) is 1.40. The van der Waals surface area contributed by atoms with Gasteiger partial charge in [0.15, 0.2) is 0 Å². The molecule has 0 aliphatic heterocycles. The average molecular weight is 314 g/mol. The zero-order chi connectivity index (χ0) is 16.7. The Morgan fingerprint density at radius 3 is 2.42 bits per heavy atom. The van der Waals surface area contributed by atoms with E-state index in [0.29, 0.717) is 5.88 Å². The van der Waals surface area contributed by atoms with E-state index in [2.05, 4.69) is 53.3 Å². The van der Waals surface area contributed by atoms with Crippen molar-refractivity contribution >= 4 is 21.5 Å². The van der Waals surface area contributed by atoms with Crippen LogP contribution < -0.4 is 4.74 Å². The van der Waals surface area contributed by atoms with Gasteiger partial charge in [0.25, 0.3) is 0 Å². The van der Waals surface area contributed by atoms with E-state index in [1.54, 1.807) is 0 Å². The highest BCUT2D eigenvalue weighted by atomic mass is 16.5. The Hall–Kier alpha value is -2.94. The number of pyridine rings is 2. The number of rotatable bonds is 2. The zero-order valence-corrected chi connectivity index (χ0v) is 14.0. The Balaban J connectivity index is 1.92. The summed E-state index contributed by atoms with van der Waals surface area (Å²) in [7, 11) is 0. The molecule has 24 heavy (non-hydrogen) atoms. The highest BCUT2D eigenvalue weighted by Crippen LogP contribution is 2.34. The minimum Gasteiger partial charge on any atom is -0.438 e. The summed E-state index contributed by atoms with van der Waals surface area (Å²) < 4.78 is 6.09. The first-order chi connectivity index (χ1) is 11.6. The van der Waals surface area contributed by atoms with Gasteiger partial charge in [0.2, 0.25) is 5.88 Å². The fourth-order valence-corrected chi connectivity index (χ4v) is 3.25. The summed E-state index contributed by atoms with van der Waals surface area (Å²) in [5.41, 5.74) is 3.13. The van der Waals surface area contributed by atoms with Gasteiger partial charge in [-0.15, -0.1) is 0 Å². The number of nitrogens with zero attached hydrogens (tertiary/aromatic N) is 2. The second kappa shape index (κ2) is 5.60. The lowest BCUT2D eigenvalue weighted by Gasteiger charge is -2.11. The molecule has 118 valence electrons. The van der Waals surface area contributed by atoms with Gasteiger partial charge in [0.05, 0.1) is 0 Å². The summed E-state index contributed by atoms with van der Waals surface area (Å²) in [6.07, 6.45) is 1.81. The number of benzene rings is 2. The second-order valence-electron chi connectivity index (χ2n) is 6.14. The molecule has 0 bridgehead atoms. The quantitative estimate of drug-likeness (QED) is 0.458. The lowest BCUT2D eigenvalue weighted by molar-refractivity contribution is 0.467. The molecular formula is C21H18N2O. The molecule has 3 heteroatoms. The fraction of sp³-hybridized carbons (Fsp3) is 0.143. The molecular weight excluding hydrogens is 296 g/mol. The van der Waals surface area contributed by atoms with Crippen molar-refractivity contribution < 1.29 is 4.74 Å². The van der Waals surface area contributed by atoms with Crippen LogP contribution in [0.2, 0.25) is 0 Å². The minimum absolute atomic E-state index is 0.627. The monoisotopic (exact) mass is 314 g/mol. The van der Waals surface area contributed by atoms with E-state index in [9.17, 15) is 0 Å². The normalized spacial score (nSPS) is 11.1. The van der Waals surface area contributed by atoms with Crippen LogP contribution in [0.1, 0.15) is 17.0 Å². The molecule has 4 aromatic rings. The van der Waals surface area contributed by atoms with Crippen LogP contribution in [0.5, 0.6) is 11.6 Å². The van der Waals surface area contributed by atoms with Crippen molar-refractivity contribution in [3.05, 3.63) is 71.7 Å². The summed E-state index contributed by atoms with van der Waals surface area (Å²) in [6, 6.07) is 16.5. The van der Waals surface area contributed by atoms with Gasteiger partial charge in [-0.1, -0.05) is 24.3 Å². The standard InChI is InChI=1S/C21H18N2O/c1-13-5-4-6-16-7-8-19-18(20(13)16)9-10-22-21(19)24-17-11-14(2)23-15(3)12-17/h4-12H,1-3H3. The fourth-order valence-electron chi connectivity index (χ4n) is 3.25. The molecule has 0 spiro atoms. The molecule has 2 aromatic heterocycles. The highest BCUT2D eigenvalue weighted by Gasteiger charge is 2.10. The summed E-state index contributed by atoms with van der Waals surface area (Å²) in [4.78, 5) is 8.85. The third kappa shape index (κ3) is 2.48. The number of fused-ring (bicyclic) bond motifs is 3. The lowest BCUT2D eigenvalue weighted by Crippen LogP contribution is -1.93. The zero-order valence-electron chi connectivity index (χ0n) is 14.0. The molecule has 0 unspecified atom stereocenters. The molecule has 2 aromatic carbocycles. The van der Waals surface area contributed by atoms with Gasteiger partial charge in [-0.05, 0) is 54.6 Å². The molecule has 0 saturated heterocycles. The van der Waals surface area contributed by atoms with Crippen LogP contribution in [0.4, 0.5) is 0 Å². The van der Waals surface area contributed by atoms with E-state index in [1.165, 1.54) is 16.3 Å². The Labute approximate surface area is 140 Å². The molecule has 0 aliphatic rings. The SMILES string of the molecule is Cc1cc(Oc2nccc3c2ccc2cccc(C)c23)cc(C)n1. The minimum atomic E-state index is 0.627. The molecule has 4 rings (SSSR count). The Morgan fingerprint density at radius 2 is 1.62 bits per heavy atom. The van der Waals surface area contributed by atoms with Crippen molar-refractivity contribution in [2.45, 2.75) is 20.8 Å². The van der Waals surface area contributed by atoms with Crippen LogP contribution in [0.3, 0.4) is 0 Å². The largest absolute Gasteiger partial charge is 0.438 e. The van der Waals surface area contributed by atoms with Crippen LogP contribution >= 0.6 is 0 Å². The highest BCUT2D eigenvalue weighted by molar-refractivity contribution is 6.10. The smallest absolute Gasteiger partial charge is 0.227 e. The Bertz CT molecular complexity index is 1050. The van der Waals surface area contributed by atoms with Gasteiger partial charge in [0, 0.05) is 35.1 Å². The van der Waals surface area contributed by atoms with Gasteiger partial charge in [-0.3, -0.25) is 4.98 Å². The third-order valence-corrected chi connectivity index (χ3v) is 4.23. The van der Waals surface area contributed by atoms with Gasteiger partial charge in [-0.2, -0.15) is 0 Å². The molecule has 0 fully saturated rings. The number of hydrogen-bond donors (Lipinski definition) is 0.